The van der Waals surface area contributed by atoms with Crippen molar-refractivity contribution in [2.45, 2.75) is 40.0 Å². The van der Waals surface area contributed by atoms with Crippen LogP contribution in [-0.2, 0) is 9.59 Å². The van der Waals surface area contributed by atoms with Crippen LogP contribution in [0.15, 0.2) is 60.7 Å². The molecule has 4 rings (SSSR count). The van der Waals surface area contributed by atoms with Gasteiger partial charge in [0.1, 0.15) is 5.78 Å². The zero-order valence-electron chi connectivity index (χ0n) is 15.7. The molecule has 2 unspecified atom stereocenters. The van der Waals surface area contributed by atoms with Crippen LogP contribution in [0, 0.1) is 16.2 Å². The molecule has 0 N–H and O–H groups in total. The summed E-state index contributed by atoms with van der Waals surface area (Å²) in [4.78, 5) is 28.6. The van der Waals surface area contributed by atoms with Crippen LogP contribution in [0.3, 0.4) is 0 Å². The summed E-state index contributed by atoms with van der Waals surface area (Å²) in [7, 11) is 0. The quantitative estimate of drug-likeness (QED) is 0.771. The second-order valence-electron chi connectivity index (χ2n) is 8.45. The van der Waals surface area contributed by atoms with Gasteiger partial charge in [0.05, 0.1) is 5.41 Å². The smallest absolute Gasteiger partial charge is 0.238 e. The van der Waals surface area contributed by atoms with Gasteiger partial charge in [-0.1, -0.05) is 57.2 Å². The number of carbonyl (C=O) groups is 2. The van der Waals surface area contributed by atoms with Crippen LogP contribution in [0.5, 0.6) is 0 Å². The number of para-hydroxylation sites is 2. The SMILES string of the molecule is CC12CCC(C(=O)N(c3ccccc3)c3ccccc3)(CC1=O)C2(C)C. The van der Waals surface area contributed by atoms with Crippen molar-refractivity contribution in [3.05, 3.63) is 60.7 Å². The van der Waals surface area contributed by atoms with Crippen molar-refractivity contribution in [3.8, 4) is 0 Å². The Balaban J connectivity index is 1.86. The van der Waals surface area contributed by atoms with Gasteiger partial charge in [-0.2, -0.15) is 0 Å². The van der Waals surface area contributed by atoms with E-state index in [-0.39, 0.29) is 17.1 Å². The van der Waals surface area contributed by atoms with E-state index in [2.05, 4.69) is 13.8 Å². The lowest BCUT2D eigenvalue weighted by Gasteiger charge is -2.41. The number of benzene rings is 2. The summed E-state index contributed by atoms with van der Waals surface area (Å²) >= 11 is 0. The van der Waals surface area contributed by atoms with Gasteiger partial charge in [0.15, 0.2) is 0 Å². The fourth-order valence-corrected chi connectivity index (χ4v) is 5.08. The topological polar surface area (TPSA) is 37.4 Å². The van der Waals surface area contributed by atoms with Gasteiger partial charge in [0.25, 0.3) is 0 Å². The highest BCUT2D eigenvalue weighted by molar-refractivity contribution is 6.09. The Hall–Kier alpha value is -2.42. The van der Waals surface area contributed by atoms with Gasteiger partial charge in [-0.05, 0) is 42.5 Å². The molecule has 2 saturated carbocycles. The standard InChI is InChI=1S/C23H25NO2/c1-21(2)22(3)14-15-23(21,16-19(22)25)20(26)24(17-10-6-4-7-11-17)18-12-8-5-9-13-18/h4-13H,14-16H2,1-3H3. The molecule has 26 heavy (non-hydrogen) atoms. The molecule has 134 valence electrons. The summed E-state index contributed by atoms with van der Waals surface area (Å²) in [5, 5.41) is 0. The average Bonchev–Trinajstić information content (AvgIpc) is 2.94. The highest BCUT2D eigenvalue weighted by Gasteiger charge is 2.73. The summed E-state index contributed by atoms with van der Waals surface area (Å²) < 4.78 is 0. The Labute approximate surface area is 155 Å². The average molecular weight is 347 g/mol. The lowest BCUT2D eigenvalue weighted by molar-refractivity contribution is -0.133. The lowest BCUT2D eigenvalue weighted by atomic mass is 9.64. The zero-order valence-corrected chi connectivity index (χ0v) is 15.7. The minimum absolute atomic E-state index is 0.0504. The van der Waals surface area contributed by atoms with Crippen LogP contribution < -0.4 is 4.90 Å². The van der Waals surface area contributed by atoms with E-state index in [4.69, 9.17) is 0 Å². The number of anilines is 2. The van der Waals surface area contributed by atoms with E-state index in [1.54, 1.807) is 0 Å². The summed E-state index contributed by atoms with van der Waals surface area (Å²) in [6, 6.07) is 19.5. The third-order valence-corrected chi connectivity index (χ3v) is 7.35. The normalized spacial score (nSPS) is 29.0. The van der Waals surface area contributed by atoms with Crippen molar-refractivity contribution < 1.29 is 9.59 Å². The fourth-order valence-electron chi connectivity index (χ4n) is 5.08. The molecule has 1 amide bonds. The molecule has 2 atom stereocenters. The number of carbonyl (C=O) groups excluding carboxylic acids is 2. The Morgan fingerprint density at radius 1 is 0.846 bits per heavy atom. The molecule has 2 bridgehead atoms. The summed E-state index contributed by atoms with van der Waals surface area (Å²) in [6.07, 6.45) is 1.92. The third kappa shape index (κ3) is 2.00. The highest BCUT2D eigenvalue weighted by atomic mass is 16.2. The maximum atomic E-state index is 14.0. The van der Waals surface area contributed by atoms with Crippen LogP contribution in [0.4, 0.5) is 11.4 Å². The first-order valence-electron chi connectivity index (χ1n) is 9.31. The van der Waals surface area contributed by atoms with Gasteiger partial charge >= 0.3 is 0 Å². The number of ketones is 1. The summed E-state index contributed by atoms with van der Waals surface area (Å²) in [5.41, 5.74) is 0.311. The second-order valence-corrected chi connectivity index (χ2v) is 8.45. The molecule has 0 heterocycles. The third-order valence-electron chi connectivity index (χ3n) is 7.35. The van der Waals surface area contributed by atoms with Crippen LogP contribution in [0.25, 0.3) is 0 Å². The Bertz CT molecular complexity index is 819. The van der Waals surface area contributed by atoms with Gasteiger partial charge in [-0.3, -0.25) is 14.5 Å². The number of amides is 1. The maximum absolute atomic E-state index is 14.0. The Morgan fingerprint density at radius 3 is 1.73 bits per heavy atom. The molecule has 0 spiro atoms. The molecule has 2 aliphatic carbocycles. The summed E-state index contributed by atoms with van der Waals surface area (Å²) in [6.45, 7) is 6.26. The molecule has 3 nitrogen and oxygen atoms in total. The van der Waals surface area contributed by atoms with Gasteiger partial charge in [-0.25, -0.2) is 0 Å². The molecule has 2 aromatic carbocycles. The number of rotatable bonds is 3. The molecule has 2 aliphatic rings. The van der Waals surface area contributed by atoms with Crippen molar-refractivity contribution >= 4 is 23.1 Å². The van der Waals surface area contributed by atoms with Gasteiger partial charge < -0.3 is 0 Å². The highest BCUT2D eigenvalue weighted by Crippen LogP contribution is 2.71. The first-order valence-corrected chi connectivity index (χ1v) is 9.31. The Morgan fingerprint density at radius 2 is 1.35 bits per heavy atom. The van der Waals surface area contributed by atoms with Crippen molar-refractivity contribution in [2.75, 3.05) is 4.90 Å². The molecule has 2 aromatic rings. The molecular weight excluding hydrogens is 322 g/mol. The van der Waals surface area contributed by atoms with Crippen molar-refractivity contribution in [1.82, 2.24) is 0 Å². The molecule has 0 aliphatic heterocycles. The summed E-state index contributed by atoms with van der Waals surface area (Å²) in [5.74, 6) is 0.289. The predicted octanol–water partition coefficient (Wildman–Crippen LogP) is 5.14. The number of fused-ring (bicyclic) bond motifs is 2. The molecular formula is C23H25NO2. The van der Waals surface area contributed by atoms with E-state index in [1.165, 1.54) is 0 Å². The lowest BCUT2D eigenvalue weighted by Crippen LogP contribution is -2.47. The van der Waals surface area contributed by atoms with E-state index in [1.807, 2.05) is 72.5 Å². The van der Waals surface area contributed by atoms with E-state index >= 15 is 0 Å². The van der Waals surface area contributed by atoms with Crippen LogP contribution >= 0.6 is 0 Å². The predicted molar refractivity (Wildman–Crippen MR) is 103 cm³/mol. The maximum Gasteiger partial charge on any atom is 0.238 e. The zero-order chi connectivity index (χ0) is 18.6. The van der Waals surface area contributed by atoms with Crippen LogP contribution in [-0.4, -0.2) is 11.7 Å². The second kappa shape index (κ2) is 5.54. The monoisotopic (exact) mass is 347 g/mol. The minimum atomic E-state index is -0.634. The molecule has 0 radical (unpaired) electrons. The first kappa shape index (κ1) is 17.0. The van der Waals surface area contributed by atoms with Crippen molar-refractivity contribution in [3.63, 3.8) is 0 Å². The molecule has 3 heteroatoms. The Kier molecular flexibility index (Phi) is 3.62. The minimum Gasteiger partial charge on any atom is -0.299 e. The van der Waals surface area contributed by atoms with Crippen molar-refractivity contribution in [1.29, 1.82) is 0 Å². The van der Waals surface area contributed by atoms with Gasteiger partial charge in [0, 0.05) is 23.2 Å². The van der Waals surface area contributed by atoms with Crippen molar-refractivity contribution in [2.24, 2.45) is 16.2 Å². The number of nitrogens with zero attached hydrogens (tertiary/aromatic N) is 1. The van der Waals surface area contributed by atoms with E-state index in [9.17, 15) is 9.59 Å². The van der Waals surface area contributed by atoms with E-state index in [0.29, 0.717) is 6.42 Å². The number of Topliss-reactive ketones (excluding diaryl/α,β-unsaturated/α-hetero) is 1. The largest absolute Gasteiger partial charge is 0.299 e. The molecule has 0 aromatic heterocycles. The van der Waals surface area contributed by atoms with Crippen LogP contribution in [0.2, 0.25) is 0 Å². The molecule has 0 saturated heterocycles. The van der Waals surface area contributed by atoms with Crippen LogP contribution in [0.1, 0.15) is 40.0 Å². The van der Waals surface area contributed by atoms with E-state index in [0.717, 1.165) is 24.2 Å². The first-order chi connectivity index (χ1) is 12.3. The number of hydrogen-bond acceptors (Lipinski definition) is 2. The van der Waals surface area contributed by atoms with Gasteiger partial charge in [0.2, 0.25) is 5.91 Å². The van der Waals surface area contributed by atoms with Gasteiger partial charge in [-0.15, -0.1) is 0 Å². The van der Waals surface area contributed by atoms with E-state index < -0.39 is 10.8 Å². The fraction of sp³-hybridized carbons (Fsp3) is 0.391. The number of hydrogen-bond donors (Lipinski definition) is 0. The molecule has 2 fully saturated rings.